The standard InChI is InChI=1S/C15H16FN3O/c1-10-13(3-2-4-14(10)16)15(20)18-8-12-7-17-9-19(12)11-5-6-11/h2-4,7,9,11H,5-6,8H2,1H3,(H,18,20). The van der Waals surface area contributed by atoms with E-state index in [1.165, 1.54) is 18.9 Å². The molecule has 2 aromatic rings. The van der Waals surface area contributed by atoms with Crippen LogP contribution in [0.25, 0.3) is 0 Å². The summed E-state index contributed by atoms with van der Waals surface area (Å²) in [4.78, 5) is 16.2. The molecule has 104 valence electrons. The van der Waals surface area contributed by atoms with Gasteiger partial charge in [0.15, 0.2) is 0 Å². The molecule has 0 saturated heterocycles. The average molecular weight is 273 g/mol. The average Bonchev–Trinajstić information content (AvgIpc) is 3.18. The maximum absolute atomic E-state index is 13.4. The van der Waals surface area contributed by atoms with Crippen LogP contribution in [-0.2, 0) is 6.54 Å². The summed E-state index contributed by atoms with van der Waals surface area (Å²) in [5, 5.41) is 2.83. The molecule has 0 unspecified atom stereocenters. The maximum atomic E-state index is 13.4. The van der Waals surface area contributed by atoms with Gasteiger partial charge in [-0.3, -0.25) is 4.79 Å². The highest BCUT2D eigenvalue weighted by Crippen LogP contribution is 2.35. The summed E-state index contributed by atoms with van der Waals surface area (Å²) in [6.07, 6.45) is 5.89. The van der Waals surface area contributed by atoms with Crippen molar-refractivity contribution in [2.24, 2.45) is 0 Å². The Labute approximate surface area is 116 Å². The number of nitrogens with one attached hydrogen (secondary N) is 1. The van der Waals surface area contributed by atoms with Crippen molar-refractivity contribution in [1.29, 1.82) is 0 Å². The number of carbonyl (C=O) groups is 1. The molecule has 1 saturated carbocycles. The molecule has 0 aliphatic heterocycles. The number of amides is 1. The van der Waals surface area contributed by atoms with Crippen LogP contribution >= 0.6 is 0 Å². The first-order valence-electron chi connectivity index (χ1n) is 6.71. The molecule has 20 heavy (non-hydrogen) atoms. The minimum Gasteiger partial charge on any atom is -0.346 e. The zero-order valence-corrected chi connectivity index (χ0v) is 11.3. The third kappa shape index (κ3) is 2.43. The first-order chi connectivity index (χ1) is 9.66. The smallest absolute Gasteiger partial charge is 0.251 e. The van der Waals surface area contributed by atoms with E-state index < -0.39 is 0 Å². The van der Waals surface area contributed by atoms with Gasteiger partial charge in [0.05, 0.1) is 18.6 Å². The molecule has 4 nitrogen and oxygen atoms in total. The van der Waals surface area contributed by atoms with Gasteiger partial charge < -0.3 is 9.88 Å². The Balaban J connectivity index is 1.70. The summed E-state index contributed by atoms with van der Waals surface area (Å²) in [6, 6.07) is 5.06. The Bertz CT molecular complexity index is 646. The molecule has 0 spiro atoms. The second-order valence-corrected chi connectivity index (χ2v) is 5.12. The monoisotopic (exact) mass is 273 g/mol. The van der Waals surface area contributed by atoms with Gasteiger partial charge in [-0.15, -0.1) is 0 Å². The third-order valence-electron chi connectivity index (χ3n) is 3.63. The van der Waals surface area contributed by atoms with Crippen LogP contribution in [0.4, 0.5) is 4.39 Å². The van der Waals surface area contributed by atoms with Gasteiger partial charge in [0, 0.05) is 17.8 Å². The van der Waals surface area contributed by atoms with E-state index in [1.807, 2.05) is 0 Å². The Morgan fingerprint density at radius 1 is 1.50 bits per heavy atom. The molecule has 5 heteroatoms. The van der Waals surface area contributed by atoms with Crippen LogP contribution in [0.1, 0.15) is 40.5 Å². The van der Waals surface area contributed by atoms with Crippen LogP contribution in [0.5, 0.6) is 0 Å². The van der Waals surface area contributed by atoms with Gasteiger partial charge in [-0.1, -0.05) is 6.07 Å². The van der Waals surface area contributed by atoms with Crippen molar-refractivity contribution >= 4 is 5.91 Å². The molecule has 0 radical (unpaired) electrons. The van der Waals surface area contributed by atoms with Crippen molar-refractivity contribution in [2.75, 3.05) is 0 Å². The molecule has 1 heterocycles. The van der Waals surface area contributed by atoms with Gasteiger partial charge in [0.25, 0.3) is 5.91 Å². The molecular formula is C15H16FN3O. The molecule has 1 amide bonds. The topological polar surface area (TPSA) is 46.9 Å². The van der Waals surface area contributed by atoms with Gasteiger partial charge in [0.1, 0.15) is 5.82 Å². The molecule has 1 aromatic heterocycles. The predicted molar refractivity (Wildman–Crippen MR) is 72.8 cm³/mol. The molecule has 1 aliphatic rings. The zero-order valence-electron chi connectivity index (χ0n) is 11.3. The van der Waals surface area contributed by atoms with Gasteiger partial charge in [-0.25, -0.2) is 9.37 Å². The Morgan fingerprint density at radius 2 is 2.30 bits per heavy atom. The second kappa shape index (κ2) is 5.07. The number of carbonyl (C=O) groups excluding carboxylic acids is 1. The summed E-state index contributed by atoms with van der Waals surface area (Å²) >= 11 is 0. The number of hydrogen-bond donors (Lipinski definition) is 1. The second-order valence-electron chi connectivity index (χ2n) is 5.12. The highest BCUT2D eigenvalue weighted by atomic mass is 19.1. The number of hydrogen-bond acceptors (Lipinski definition) is 2. The molecule has 1 aromatic carbocycles. The largest absolute Gasteiger partial charge is 0.346 e. The summed E-state index contributed by atoms with van der Waals surface area (Å²) in [6.45, 7) is 2.02. The summed E-state index contributed by atoms with van der Waals surface area (Å²) in [5.74, 6) is -0.619. The minimum atomic E-state index is -0.360. The van der Waals surface area contributed by atoms with Crippen LogP contribution in [0.2, 0.25) is 0 Å². The summed E-state index contributed by atoms with van der Waals surface area (Å²) in [5.41, 5.74) is 1.73. The highest BCUT2D eigenvalue weighted by Gasteiger charge is 2.25. The molecule has 1 aliphatic carbocycles. The quantitative estimate of drug-likeness (QED) is 0.930. The molecular weight excluding hydrogens is 257 g/mol. The molecule has 1 N–H and O–H groups in total. The Hall–Kier alpha value is -2.17. The Morgan fingerprint density at radius 3 is 3.05 bits per heavy atom. The van der Waals surface area contributed by atoms with Crippen LogP contribution in [-0.4, -0.2) is 15.5 Å². The van der Waals surface area contributed by atoms with Gasteiger partial charge in [0.2, 0.25) is 0 Å². The summed E-state index contributed by atoms with van der Waals surface area (Å²) in [7, 11) is 0. The third-order valence-corrected chi connectivity index (χ3v) is 3.63. The summed E-state index contributed by atoms with van der Waals surface area (Å²) < 4.78 is 15.5. The fourth-order valence-corrected chi connectivity index (χ4v) is 2.27. The van der Waals surface area contributed by atoms with Crippen molar-refractivity contribution in [1.82, 2.24) is 14.9 Å². The van der Waals surface area contributed by atoms with E-state index in [-0.39, 0.29) is 11.7 Å². The van der Waals surface area contributed by atoms with Crippen LogP contribution in [0.3, 0.4) is 0 Å². The molecule has 0 atom stereocenters. The van der Waals surface area contributed by atoms with E-state index in [1.54, 1.807) is 31.6 Å². The van der Waals surface area contributed by atoms with Crippen LogP contribution < -0.4 is 5.32 Å². The lowest BCUT2D eigenvalue weighted by atomic mass is 10.1. The van der Waals surface area contributed by atoms with Crippen LogP contribution in [0.15, 0.2) is 30.7 Å². The lowest BCUT2D eigenvalue weighted by Crippen LogP contribution is -2.25. The number of benzene rings is 1. The molecule has 1 fully saturated rings. The van der Waals surface area contributed by atoms with E-state index in [9.17, 15) is 9.18 Å². The van der Waals surface area contributed by atoms with Crippen molar-refractivity contribution in [3.63, 3.8) is 0 Å². The Kier molecular flexibility index (Phi) is 3.26. The van der Waals surface area contributed by atoms with Crippen molar-refractivity contribution in [3.05, 3.63) is 53.4 Å². The van der Waals surface area contributed by atoms with Crippen molar-refractivity contribution in [2.45, 2.75) is 32.4 Å². The van der Waals surface area contributed by atoms with Crippen molar-refractivity contribution < 1.29 is 9.18 Å². The fraction of sp³-hybridized carbons (Fsp3) is 0.333. The van der Waals surface area contributed by atoms with E-state index >= 15 is 0 Å². The minimum absolute atomic E-state index is 0.259. The van der Waals surface area contributed by atoms with Gasteiger partial charge >= 0.3 is 0 Å². The first kappa shape index (κ1) is 12.8. The van der Waals surface area contributed by atoms with E-state index in [0.29, 0.717) is 23.7 Å². The lowest BCUT2D eigenvalue weighted by Gasteiger charge is -2.10. The van der Waals surface area contributed by atoms with Crippen LogP contribution in [0, 0.1) is 12.7 Å². The first-order valence-corrected chi connectivity index (χ1v) is 6.71. The van der Waals surface area contributed by atoms with Crippen molar-refractivity contribution in [3.8, 4) is 0 Å². The molecule has 0 bridgehead atoms. The fourth-order valence-electron chi connectivity index (χ4n) is 2.27. The molecule has 3 rings (SSSR count). The predicted octanol–water partition coefficient (Wildman–Crippen LogP) is 2.60. The van der Waals surface area contributed by atoms with E-state index in [2.05, 4.69) is 14.9 Å². The number of nitrogens with zero attached hydrogens (tertiary/aromatic N) is 2. The zero-order chi connectivity index (χ0) is 14.1. The maximum Gasteiger partial charge on any atom is 0.251 e. The van der Waals surface area contributed by atoms with E-state index in [4.69, 9.17) is 0 Å². The number of aromatic nitrogens is 2. The van der Waals surface area contributed by atoms with Gasteiger partial charge in [-0.2, -0.15) is 0 Å². The SMILES string of the molecule is Cc1c(F)cccc1C(=O)NCc1cncn1C1CC1. The number of imidazole rings is 1. The number of rotatable bonds is 4. The number of halogens is 1. The highest BCUT2D eigenvalue weighted by molar-refractivity contribution is 5.95. The van der Waals surface area contributed by atoms with E-state index in [0.717, 1.165) is 5.69 Å². The normalized spacial score (nSPS) is 14.3. The van der Waals surface area contributed by atoms with Gasteiger partial charge in [-0.05, 0) is 37.5 Å². The lowest BCUT2D eigenvalue weighted by molar-refractivity contribution is 0.0949.